The first-order valence-electron chi connectivity index (χ1n) is 7.69. The minimum absolute atomic E-state index is 0.129. The van der Waals surface area contributed by atoms with E-state index in [1.807, 2.05) is 30.3 Å². The van der Waals surface area contributed by atoms with Gasteiger partial charge in [0.1, 0.15) is 0 Å². The fraction of sp³-hybridized carbons (Fsp3) is 0.471. The highest BCUT2D eigenvalue weighted by Gasteiger charge is 2.44. The summed E-state index contributed by atoms with van der Waals surface area (Å²) in [5.74, 6) is 4.87. The van der Waals surface area contributed by atoms with Crippen molar-refractivity contribution in [2.24, 2.45) is 5.92 Å². The number of halogens is 3. The van der Waals surface area contributed by atoms with Crippen LogP contribution in [0.3, 0.4) is 0 Å². The maximum absolute atomic E-state index is 12.5. The van der Waals surface area contributed by atoms with Gasteiger partial charge in [0.25, 0.3) is 0 Å². The zero-order valence-corrected chi connectivity index (χ0v) is 13.0. The lowest BCUT2D eigenvalue weighted by Gasteiger charge is -2.34. The van der Waals surface area contributed by atoms with Gasteiger partial charge in [-0.2, -0.15) is 13.2 Å². The van der Waals surface area contributed by atoms with Crippen molar-refractivity contribution in [3.63, 3.8) is 0 Å². The molecule has 0 spiro atoms. The number of amides is 2. The van der Waals surface area contributed by atoms with Crippen molar-refractivity contribution in [2.75, 3.05) is 19.6 Å². The van der Waals surface area contributed by atoms with Gasteiger partial charge in [-0.25, -0.2) is 4.79 Å². The molecule has 1 fully saturated rings. The van der Waals surface area contributed by atoms with E-state index in [4.69, 9.17) is 0 Å². The van der Waals surface area contributed by atoms with E-state index in [0.717, 1.165) is 5.56 Å². The number of aliphatic hydroxyl groups is 1. The number of aliphatic hydroxyl groups excluding tert-OH is 1. The van der Waals surface area contributed by atoms with Crippen molar-refractivity contribution in [2.45, 2.75) is 25.1 Å². The van der Waals surface area contributed by atoms with E-state index >= 15 is 0 Å². The summed E-state index contributed by atoms with van der Waals surface area (Å²) >= 11 is 0. The van der Waals surface area contributed by atoms with Crippen molar-refractivity contribution < 1.29 is 23.1 Å². The van der Waals surface area contributed by atoms with Gasteiger partial charge in [0.15, 0.2) is 6.10 Å². The van der Waals surface area contributed by atoms with Crippen LogP contribution in [-0.2, 0) is 0 Å². The van der Waals surface area contributed by atoms with Crippen LogP contribution in [0, 0.1) is 17.8 Å². The lowest BCUT2D eigenvalue weighted by atomic mass is 9.91. The van der Waals surface area contributed by atoms with E-state index in [9.17, 15) is 23.1 Å². The first kappa shape index (κ1) is 18.1. The highest BCUT2D eigenvalue weighted by molar-refractivity contribution is 5.74. The van der Waals surface area contributed by atoms with Crippen molar-refractivity contribution in [3.8, 4) is 11.8 Å². The van der Waals surface area contributed by atoms with Crippen LogP contribution in [0.25, 0.3) is 0 Å². The Balaban J connectivity index is 1.74. The number of alkyl halides is 3. The molecule has 7 heteroatoms. The average Bonchev–Trinajstić information content (AvgIpc) is 2.58. The molecule has 0 bridgehead atoms. The van der Waals surface area contributed by atoms with Crippen LogP contribution in [0.4, 0.5) is 18.0 Å². The first-order valence-corrected chi connectivity index (χ1v) is 7.69. The first-order chi connectivity index (χ1) is 11.4. The molecule has 2 rings (SSSR count). The van der Waals surface area contributed by atoms with Crippen molar-refractivity contribution >= 4 is 6.03 Å². The van der Waals surface area contributed by atoms with Gasteiger partial charge in [-0.3, -0.25) is 0 Å². The standard InChI is InChI=1S/C17H19F3N2O2/c18-17(19,20)15(23)14-8-11-22(12-9-14)16(24)21-10-4-7-13-5-2-1-3-6-13/h1-3,5-6,14-15,23H,8-12H2,(H,21,24)/t15-/m0/s1. The normalized spacial score (nSPS) is 16.9. The van der Waals surface area contributed by atoms with Gasteiger partial charge in [0.2, 0.25) is 0 Å². The number of hydrogen-bond acceptors (Lipinski definition) is 2. The molecule has 1 aromatic rings. The van der Waals surface area contributed by atoms with E-state index in [0.29, 0.717) is 0 Å². The Hall–Kier alpha value is -2.20. The molecular weight excluding hydrogens is 321 g/mol. The van der Waals surface area contributed by atoms with Crippen LogP contribution >= 0.6 is 0 Å². The quantitative estimate of drug-likeness (QED) is 0.812. The molecular formula is C17H19F3N2O2. The Kier molecular flexibility index (Phi) is 6.10. The fourth-order valence-corrected chi connectivity index (χ4v) is 2.58. The third-order valence-electron chi connectivity index (χ3n) is 3.94. The number of nitrogens with zero attached hydrogens (tertiary/aromatic N) is 1. The number of piperidine rings is 1. The lowest BCUT2D eigenvalue weighted by molar-refractivity contribution is -0.222. The number of benzene rings is 1. The van der Waals surface area contributed by atoms with Crippen LogP contribution in [0.5, 0.6) is 0 Å². The summed E-state index contributed by atoms with van der Waals surface area (Å²) in [4.78, 5) is 13.4. The Bertz CT molecular complexity index is 600. The maximum atomic E-state index is 12.5. The zero-order valence-electron chi connectivity index (χ0n) is 13.0. The third kappa shape index (κ3) is 5.17. The summed E-state index contributed by atoms with van der Waals surface area (Å²) in [5.41, 5.74) is 0.841. The van der Waals surface area contributed by atoms with Crippen LogP contribution in [0.1, 0.15) is 18.4 Å². The molecule has 0 unspecified atom stereocenters. The Labute approximate surface area is 138 Å². The smallest absolute Gasteiger partial charge is 0.383 e. The monoisotopic (exact) mass is 340 g/mol. The SMILES string of the molecule is O=C(NCC#Cc1ccccc1)N1CCC([C@H](O)C(F)(F)F)CC1. The predicted molar refractivity (Wildman–Crippen MR) is 83.1 cm³/mol. The van der Waals surface area contributed by atoms with E-state index in [1.54, 1.807) is 0 Å². The second-order valence-corrected chi connectivity index (χ2v) is 5.64. The molecule has 1 heterocycles. The highest BCUT2D eigenvalue weighted by Crippen LogP contribution is 2.31. The van der Waals surface area contributed by atoms with Crippen LogP contribution in [0.2, 0.25) is 0 Å². The maximum Gasteiger partial charge on any atom is 0.414 e. The van der Waals surface area contributed by atoms with Gasteiger partial charge in [-0.05, 0) is 30.9 Å². The predicted octanol–water partition coefficient (Wildman–Crippen LogP) is 2.38. The van der Waals surface area contributed by atoms with E-state index < -0.39 is 18.2 Å². The fourth-order valence-electron chi connectivity index (χ4n) is 2.58. The molecule has 1 atom stereocenters. The number of carbonyl (C=O) groups is 1. The van der Waals surface area contributed by atoms with Crippen LogP contribution < -0.4 is 5.32 Å². The number of nitrogens with one attached hydrogen (secondary N) is 1. The molecule has 0 radical (unpaired) electrons. The van der Waals surface area contributed by atoms with Gasteiger partial charge in [0.05, 0.1) is 6.54 Å². The number of carbonyl (C=O) groups excluding carboxylic acids is 1. The van der Waals surface area contributed by atoms with Crippen LogP contribution in [0.15, 0.2) is 30.3 Å². The van der Waals surface area contributed by atoms with Gasteiger partial charge >= 0.3 is 12.2 Å². The van der Waals surface area contributed by atoms with Gasteiger partial charge in [-0.15, -0.1) is 0 Å². The minimum atomic E-state index is -4.61. The molecule has 4 nitrogen and oxygen atoms in total. The molecule has 0 aliphatic carbocycles. The molecule has 0 saturated carbocycles. The molecule has 1 saturated heterocycles. The third-order valence-corrected chi connectivity index (χ3v) is 3.94. The molecule has 1 aromatic carbocycles. The number of hydrogen-bond donors (Lipinski definition) is 2. The van der Waals surface area contributed by atoms with E-state index in [2.05, 4.69) is 17.2 Å². The molecule has 24 heavy (non-hydrogen) atoms. The molecule has 2 amide bonds. The summed E-state index contributed by atoms with van der Waals surface area (Å²) in [5, 5.41) is 11.9. The molecule has 2 N–H and O–H groups in total. The second kappa shape index (κ2) is 8.06. The van der Waals surface area contributed by atoms with E-state index in [1.165, 1.54) is 4.90 Å². The number of likely N-dealkylation sites (tertiary alicyclic amines) is 1. The zero-order chi connectivity index (χ0) is 17.6. The molecule has 1 aliphatic heterocycles. The largest absolute Gasteiger partial charge is 0.414 e. The summed E-state index contributed by atoms with van der Waals surface area (Å²) in [6.45, 7) is 0.546. The highest BCUT2D eigenvalue weighted by atomic mass is 19.4. The summed E-state index contributed by atoms with van der Waals surface area (Å²) < 4.78 is 37.4. The number of urea groups is 1. The van der Waals surface area contributed by atoms with Gasteiger partial charge in [-0.1, -0.05) is 30.0 Å². The molecule has 1 aliphatic rings. The Morgan fingerprint density at radius 2 is 1.92 bits per heavy atom. The Morgan fingerprint density at radius 1 is 1.29 bits per heavy atom. The Morgan fingerprint density at radius 3 is 2.50 bits per heavy atom. The number of rotatable bonds is 2. The average molecular weight is 340 g/mol. The minimum Gasteiger partial charge on any atom is -0.383 e. The van der Waals surface area contributed by atoms with Crippen LogP contribution in [-0.4, -0.2) is 48.0 Å². The van der Waals surface area contributed by atoms with Gasteiger partial charge in [0, 0.05) is 18.7 Å². The van der Waals surface area contributed by atoms with E-state index in [-0.39, 0.29) is 38.5 Å². The summed E-state index contributed by atoms with van der Waals surface area (Å²) in [6, 6.07) is 8.96. The van der Waals surface area contributed by atoms with Crippen molar-refractivity contribution in [3.05, 3.63) is 35.9 Å². The van der Waals surface area contributed by atoms with Gasteiger partial charge < -0.3 is 15.3 Å². The van der Waals surface area contributed by atoms with Crippen molar-refractivity contribution in [1.82, 2.24) is 10.2 Å². The van der Waals surface area contributed by atoms with Crippen molar-refractivity contribution in [1.29, 1.82) is 0 Å². The lowest BCUT2D eigenvalue weighted by Crippen LogP contribution is -2.48. The molecule has 0 aromatic heterocycles. The topological polar surface area (TPSA) is 52.6 Å². The summed E-state index contributed by atoms with van der Waals surface area (Å²) in [6.07, 6.45) is -6.67. The second-order valence-electron chi connectivity index (χ2n) is 5.64. The summed E-state index contributed by atoms with van der Waals surface area (Å²) in [7, 11) is 0. The molecule has 130 valence electrons.